The van der Waals surface area contributed by atoms with Crippen molar-refractivity contribution >= 4 is 11.9 Å². The maximum atomic E-state index is 12.4. The quantitative estimate of drug-likeness (QED) is 0.411. The SMILES string of the molecule is CCC(C)C(=O)OC1CCC2(C)C(CCC3C2CCC2(C)C(C(C)CCC(=O)O)CCC32)C1. The Labute approximate surface area is 201 Å². The first kappa shape index (κ1) is 25.0. The number of aliphatic carboxylic acids is 1. The summed E-state index contributed by atoms with van der Waals surface area (Å²) < 4.78 is 5.96. The van der Waals surface area contributed by atoms with Gasteiger partial charge in [-0.1, -0.05) is 34.6 Å². The summed E-state index contributed by atoms with van der Waals surface area (Å²) in [5.41, 5.74) is 0.793. The van der Waals surface area contributed by atoms with Crippen LogP contribution in [0.3, 0.4) is 0 Å². The lowest BCUT2D eigenvalue weighted by Crippen LogP contribution is -2.54. The molecule has 0 heterocycles. The Hall–Kier alpha value is -1.06. The van der Waals surface area contributed by atoms with Crippen LogP contribution in [0, 0.1) is 52.3 Å². The monoisotopic (exact) mass is 460 g/mol. The summed E-state index contributed by atoms with van der Waals surface area (Å²) in [7, 11) is 0. The van der Waals surface area contributed by atoms with Crippen molar-refractivity contribution in [3.8, 4) is 0 Å². The zero-order chi connectivity index (χ0) is 24.0. The van der Waals surface area contributed by atoms with Crippen LogP contribution in [-0.2, 0) is 14.3 Å². The van der Waals surface area contributed by atoms with Crippen LogP contribution in [0.25, 0.3) is 0 Å². The van der Waals surface area contributed by atoms with Gasteiger partial charge in [0.05, 0.1) is 5.92 Å². The fourth-order valence-electron chi connectivity index (χ4n) is 9.30. The highest BCUT2D eigenvalue weighted by Crippen LogP contribution is 2.68. The molecule has 4 saturated carbocycles. The molecule has 188 valence electrons. The lowest BCUT2D eigenvalue weighted by atomic mass is 9.44. The van der Waals surface area contributed by atoms with E-state index in [1.165, 1.54) is 44.9 Å². The van der Waals surface area contributed by atoms with Gasteiger partial charge in [0.1, 0.15) is 6.10 Å². The second-order valence-corrected chi connectivity index (χ2v) is 12.9. The van der Waals surface area contributed by atoms with E-state index in [-0.39, 0.29) is 18.0 Å². The molecule has 0 saturated heterocycles. The van der Waals surface area contributed by atoms with Gasteiger partial charge in [-0.15, -0.1) is 0 Å². The molecule has 4 rings (SSSR count). The molecule has 1 N–H and O–H groups in total. The van der Waals surface area contributed by atoms with Crippen molar-refractivity contribution < 1.29 is 19.4 Å². The summed E-state index contributed by atoms with van der Waals surface area (Å²) in [4.78, 5) is 23.5. The van der Waals surface area contributed by atoms with E-state index in [9.17, 15) is 14.7 Å². The van der Waals surface area contributed by atoms with Gasteiger partial charge < -0.3 is 9.84 Å². The van der Waals surface area contributed by atoms with Crippen LogP contribution in [0.4, 0.5) is 0 Å². The van der Waals surface area contributed by atoms with E-state index in [1.807, 2.05) is 6.92 Å². The van der Waals surface area contributed by atoms with Gasteiger partial charge in [-0.3, -0.25) is 9.59 Å². The Morgan fingerprint density at radius 1 is 0.970 bits per heavy atom. The van der Waals surface area contributed by atoms with Crippen molar-refractivity contribution in [2.45, 2.75) is 118 Å². The highest BCUT2D eigenvalue weighted by atomic mass is 16.5. The Morgan fingerprint density at radius 3 is 2.36 bits per heavy atom. The molecule has 4 nitrogen and oxygen atoms in total. The molecule has 0 bridgehead atoms. The first-order valence-corrected chi connectivity index (χ1v) is 14.0. The first-order valence-electron chi connectivity index (χ1n) is 14.0. The largest absolute Gasteiger partial charge is 0.481 e. The molecule has 33 heavy (non-hydrogen) atoms. The van der Waals surface area contributed by atoms with E-state index < -0.39 is 5.97 Å². The summed E-state index contributed by atoms with van der Waals surface area (Å²) in [5.74, 6) is 3.71. The lowest BCUT2D eigenvalue weighted by Gasteiger charge is -2.61. The van der Waals surface area contributed by atoms with Crippen LogP contribution in [0.15, 0.2) is 0 Å². The van der Waals surface area contributed by atoms with Gasteiger partial charge in [0.15, 0.2) is 0 Å². The van der Waals surface area contributed by atoms with Gasteiger partial charge in [0.25, 0.3) is 0 Å². The fraction of sp³-hybridized carbons (Fsp3) is 0.931. The summed E-state index contributed by atoms with van der Waals surface area (Å²) in [6.45, 7) is 11.5. The number of hydrogen-bond donors (Lipinski definition) is 1. The summed E-state index contributed by atoms with van der Waals surface area (Å²) in [6.07, 6.45) is 13.4. The summed E-state index contributed by atoms with van der Waals surface area (Å²) in [5, 5.41) is 9.17. The number of carboxylic acids is 1. The highest BCUT2D eigenvalue weighted by molar-refractivity contribution is 5.72. The van der Waals surface area contributed by atoms with Gasteiger partial charge >= 0.3 is 11.9 Å². The average molecular weight is 461 g/mol. The van der Waals surface area contributed by atoms with Gasteiger partial charge in [-0.25, -0.2) is 0 Å². The molecule has 10 atom stereocenters. The third kappa shape index (κ3) is 4.49. The van der Waals surface area contributed by atoms with E-state index in [2.05, 4.69) is 27.7 Å². The second-order valence-electron chi connectivity index (χ2n) is 12.9. The third-order valence-corrected chi connectivity index (χ3v) is 11.5. The molecule has 0 amide bonds. The van der Waals surface area contributed by atoms with Crippen molar-refractivity contribution in [2.75, 3.05) is 0 Å². The standard InChI is InChI=1S/C29H48O4/c1-6-18(2)27(32)33-21-13-15-28(4)20(17-21)8-9-22-24-11-10-23(19(3)7-12-26(30)31)29(24,5)16-14-25(22)28/h18-25H,6-17H2,1-5H3,(H,30,31). The Kier molecular flexibility index (Phi) is 7.23. The smallest absolute Gasteiger partial charge is 0.308 e. The lowest BCUT2D eigenvalue weighted by molar-refractivity contribution is -0.166. The molecule has 0 aromatic heterocycles. The molecule has 0 aliphatic heterocycles. The molecule has 4 aliphatic rings. The first-order chi connectivity index (χ1) is 15.6. The number of carbonyl (C=O) groups excluding carboxylic acids is 1. The van der Waals surface area contributed by atoms with Gasteiger partial charge in [0.2, 0.25) is 0 Å². The van der Waals surface area contributed by atoms with E-state index in [4.69, 9.17) is 4.74 Å². The molecule has 0 radical (unpaired) electrons. The van der Waals surface area contributed by atoms with E-state index >= 15 is 0 Å². The maximum absolute atomic E-state index is 12.4. The van der Waals surface area contributed by atoms with Crippen LogP contribution in [0.2, 0.25) is 0 Å². The summed E-state index contributed by atoms with van der Waals surface area (Å²) in [6, 6.07) is 0. The molecule has 10 unspecified atom stereocenters. The Bertz CT molecular complexity index is 733. The molecule has 4 aliphatic carbocycles. The number of esters is 1. The second kappa shape index (κ2) is 9.53. The Morgan fingerprint density at radius 2 is 1.67 bits per heavy atom. The molecule has 0 aromatic rings. The molecular weight excluding hydrogens is 412 g/mol. The normalized spacial score (nSPS) is 44.2. The van der Waals surface area contributed by atoms with Crippen molar-refractivity contribution in [2.24, 2.45) is 52.3 Å². The number of rotatable bonds is 7. The average Bonchev–Trinajstić information content (AvgIpc) is 3.14. The van der Waals surface area contributed by atoms with Crippen LogP contribution < -0.4 is 0 Å². The number of ether oxygens (including phenoxy) is 1. The molecule has 4 heteroatoms. The highest BCUT2D eigenvalue weighted by Gasteiger charge is 2.60. The van der Waals surface area contributed by atoms with Crippen LogP contribution in [0.1, 0.15) is 112 Å². The number of fused-ring (bicyclic) bond motifs is 5. The summed E-state index contributed by atoms with van der Waals surface area (Å²) >= 11 is 0. The maximum Gasteiger partial charge on any atom is 0.308 e. The molecular formula is C29H48O4. The van der Waals surface area contributed by atoms with Crippen LogP contribution in [-0.4, -0.2) is 23.1 Å². The van der Waals surface area contributed by atoms with E-state index in [0.717, 1.165) is 43.4 Å². The zero-order valence-electron chi connectivity index (χ0n) is 21.8. The predicted molar refractivity (Wildman–Crippen MR) is 131 cm³/mol. The van der Waals surface area contributed by atoms with Crippen molar-refractivity contribution in [3.05, 3.63) is 0 Å². The van der Waals surface area contributed by atoms with Gasteiger partial charge in [-0.2, -0.15) is 0 Å². The minimum Gasteiger partial charge on any atom is -0.481 e. The number of hydrogen-bond acceptors (Lipinski definition) is 3. The third-order valence-electron chi connectivity index (χ3n) is 11.5. The van der Waals surface area contributed by atoms with E-state index in [0.29, 0.717) is 35.0 Å². The predicted octanol–water partition coefficient (Wildman–Crippen LogP) is 7.10. The van der Waals surface area contributed by atoms with Gasteiger partial charge in [0, 0.05) is 6.42 Å². The van der Waals surface area contributed by atoms with Crippen LogP contribution >= 0.6 is 0 Å². The van der Waals surface area contributed by atoms with Crippen LogP contribution in [0.5, 0.6) is 0 Å². The van der Waals surface area contributed by atoms with Crippen molar-refractivity contribution in [1.82, 2.24) is 0 Å². The van der Waals surface area contributed by atoms with Crippen molar-refractivity contribution in [1.29, 1.82) is 0 Å². The van der Waals surface area contributed by atoms with Gasteiger partial charge in [-0.05, 0) is 117 Å². The molecule has 0 aromatic carbocycles. The number of carboxylic acid groups (broad SMARTS) is 1. The topological polar surface area (TPSA) is 63.6 Å². The fourth-order valence-corrected chi connectivity index (χ4v) is 9.30. The minimum atomic E-state index is -0.651. The molecule has 0 spiro atoms. The van der Waals surface area contributed by atoms with E-state index in [1.54, 1.807) is 0 Å². The van der Waals surface area contributed by atoms with Crippen molar-refractivity contribution in [3.63, 3.8) is 0 Å². The zero-order valence-corrected chi connectivity index (χ0v) is 21.8. The Balaban J connectivity index is 1.42. The minimum absolute atomic E-state index is 0.00207. The number of carbonyl (C=O) groups is 2. The molecule has 4 fully saturated rings.